The summed E-state index contributed by atoms with van der Waals surface area (Å²) in [5.41, 5.74) is 2.18. The first kappa shape index (κ1) is 14.0. The Hall–Kier alpha value is 0.0600. The molecule has 1 unspecified atom stereocenters. The Labute approximate surface area is 140 Å². The average molecular weight is 438 g/mol. The summed E-state index contributed by atoms with van der Waals surface area (Å²) >= 11 is 16.9. The molecule has 0 aliphatic heterocycles. The summed E-state index contributed by atoms with van der Waals surface area (Å²) in [5, 5.41) is 1.02. The number of thiophene rings is 1. The molecule has 1 nitrogen and oxygen atoms in total. The normalized spacial score (nSPS) is 13.0. The van der Waals surface area contributed by atoms with E-state index in [9.17, 15) is 0 Å². The number of aromatic nitrogens is 1. The van der Waals surface area contributed by atoms with Crippen LogP contribution in [0.15, 0.2) is 37.9 Å². The van der Waals surface area contributed by atoms with Crippen LogP contribution in [0.3, 0.4) is 0 Å². The van der Waals surface area contributed by atoms with E-state index in [1.165, 1.54) is 4.70 Å². The highest BCUT2D eigenvalue weighted by Gasteiger charge is 2.17. The van der Waals surface area contributed by atoms with Crippen LogP contribution in [0.2, 0.25) is 0 Å². The molecule has 0 radical (unpaired) electrons. The van der Waals surface area contributed by atoms with Gasteiger partial charge in [0.2, 0.25) is 0 Å². The SMILES string of the molecule is ClC(Cc1nc2ccccc2s1)c1cc(Br)sc1Br. The molecule has 0 N–H and O–H groups in total. The lowest BCUT2D eigenvalue weighted by molar-refractivity contribution is 0.912. The Morgan fingerprint density at radius 1 is 1.21 bits per heavy atom. The van der Waals surface area contributed by atoms with Crippen LogP contribution in [0.5, 0.6) is 0 Å². The standard InChI is InChI=1S/C13H8Br2ClNS2/c14-11-5-7(13(15)19-11)8(16)6-12-17-9-3-1-2-4-10(9)18-12/h1-5,8H,6H2. The minimum absolute atomic E-state index is 0.0579. The van der Waals surface area contributed by atoms with Crippen molar-refractivity contribution in [2.75, 3.05) is 0 Å². The van der Waals surface area contributed by atoms with Gasteiger partial charge in [0, 0.05) is 6.42 Å². The van der Waals surface area contributed by atoms with Crippen molar-refractivity contribution in [2.45, 2.75) is 11.8 Å². The van der Waals surface area contributed by atoms with Gasteiger partial charge in [-0.25, -0.2) is 4.98 Å². The van der Waals surface area contributed by atoms with Gasteiger partial charge in [0.15, 0.2) is 0 Å². The lowest BCUT2D eigenvalue weighted by atomic mass is 10.2. The lowest BCUT2D eigenvalue weighted by Crippen LogP contribution is -1.94. The fraction of sp³-hybridized carbons (Fsp3) is 0.154. The molecule has 19 heavy (non-hydrogen) atoms. The quantitative estimate of drug-likeness (QED) is 0.432. The number of para-hydroxylation sites is 1. The molecular weight excluding hydrogens is 430 g/mol. The summed E-state index contributed by atoms with van der Waals surface area (Å²) in [6.07, 6.45) is 0.753. The Balaban J connectivity index is 1.86. The Kier molecular flexibility index (Phi) is 4.29. The third kappa shape index (κ3) is 3.05. The van der Waals surface area contributed by atoms with E-state index >= 15 is 0 Å². The number of hydrogen-bond acceptors (Lipinski definition) is 3. The molecule has 3 aromatic rings. The molecule has 98 valence electrons. The van der Waals surface area contributed by atoms with Gasteiger partial charge in [-0.2, -0.15) is 0 Å². The second-order valence-electron chi connectivity index (χ2n) is 4.03. The largest absolute Gasteiger partial charge is 0.241 e. The highest BCUT2D eigenvalue weighted by atomic mass is 79.9. The highest BCUT2D eigenvalue weighted by molar-refractivity contribution is 9.12. The van der Waals surface area contributed by atoms with Gasteiger partial charge in [-0.3, -0.25) is 0 Å². The molecule has 0 aliphatic carbocycles. The Morgan fingerprint density at radius 2 is 2.00 bits per heavy atom. The summed E-state index contributed by atoms with van der Waals surface area (Å²) in [7, 11) is 0. The van der Waals surface area contributed by atoms with E-state index in [2.05, 4.69) is 49.0 Å². The average Bonchev–Trinajstić information content (AvgIpc) is 2.91. The smallest absolute Gasteiger partial charge is 0.0956 e. The molecule has 0 aliphatic rings. The van der Waals surface area contributed by atoms with Crippen LogP contribution in [0.4, 0.5) is 0 Å². The summed E-state index contributed by atoms with van der Waals surface area (Å²) in [5.74, 6) is 0. The van der Waals surface area contributed by atoms with Gasteiger partial charge < -0.3 is 0 Å². The number of rotatable bonds is 3. The van der Waals surface area contributed by atoms with E-state index in [0.29, 0.717) is 0 Å². The third-order valence-corrected chi connectivity index (χ3v) is 6.55. The fourth-order valence-electron chi connectivity index (χ4n) is 1.84. The number of fused-ring (bicyclic) bond motifs is 1. The van der Waals surface area contributed by atoms with Gasteiger partial charge in [0.05, 0.1) is 28.2 Å². The van der Waals surface area contributed by atoms with E-state index in [-0.39, 0.29) is 5.38 Å². The fourth-order valence-corrected chi connectivity index (χ4v) is 6.43. The minimum Gasteiger partial charge on any atom is -0.241 e. The van der Waals surface area contributed by atoms with E-state index in [4.69, 9.17) is 11.6 Å². The topological polar surface area (TPSA) is 12.9 Å². The van der Waals surface area contributed by atoms with Crippen LogP contribution in [0.25, 0.3) is 10.2 Å². The maximum absolute atomic E-state index is 6.51. The van der Waals surface area contributed by atoms with E-state index in [0.717, 1.165) is 30.1 Å². The number of alkyl halides is 1. The predicted octanol–water partition coefficient (Wildman–Crippen LogP) is 6.41. The third-order valence-electron chi connectivity index (χ3n) is 2.71. The van der Waals surface area contributed by atoms with Crippen molar-refractivity contribution >= 4 is 76.4 Å². The van der Waals surface area contributed by atoms with Crippen LogP contribution in [-0.2, 0) is 6.42 Å². The molecule has 3 rings (SSSR count). The Morgan fingerprint density at radius 3 is 2.68 bits per heavy atom. The molecule has 0 fully saturated rings. The second kappa shape index (κ2) is 5.82. The van der Waals surface area contributed by atoms with Crippen molar-refractivity contribution in [3.8, 4) is 0 Å². The summed E-state index contributed by atoms with van der Waals surface area (Å²) in [6, 6.07) is 10.2. The Bertz CT molecular complexity index is 689. The maximum atomic E-state index is 6.51. The van der Waals surface area contributed by atoms with Crippen molar-refractivity contribution in [2.24, 2.45) is 0 Å². The molecule has 2 heterocycles. The molecule has 0 amide bonds. The zero-order valence-electron chi connectivity index (χ0n) is 9.57. The second-order valence-corrected chi connectivity index (χ2v) is 9.42. The number of hydrogen-bond donors (Lipinski definition) is 0. The first-order valence-electron chi connectivity index (χ1n) is 5.57. The molecule has 1 atom stereocenters. The van der Waals surface area contributed by atoms with Gasteiger partial charge >= 0.3 is 0 Å². The lowest BCUT2D eigenvalue weighted by Gasteiger charge is -2.05. The number of benzene rings is 1. The van der Waals surface area contributed by atoms with Crippen LogP contribution in [0, 0.1) is 0 Å². The molecule has 0 saturated carbocycles. The summed E-state index contributed by atoms with van der Waals surface area (Å²) in [6.45, 7) is 0. The van der Waals surface area contributed by atoms with Crippen molar-refractivity contribution < 1.29 is 0 Å². The van der Waals surface area contributed by atoms with E-state index in [1.807, 2.05) is 18.2 Å². The van der Waals surface area contributed by atoms with E-state index in [1.54, 1.807) is 22.7 Å². The van der Waals surface area contributed by atoms with E-state index < -0.39 is 0 Å². The first-order valence-corrected chi connectivity index (χ1v) is 9.22. The predicted molar refractivity (Wildman–Crippen MR) is 91.6 cm³/mol. The highest BCUT2D eigenvalue weighted by Crippen LogP contribution is 2.39. The number of thiazole rings is 1. The van der Waals surface area contributed by atoms with Gasteiger partial charge in [-0.15, -0.1) is 34.3 Å². The molecular formula is C13H8Br2ClNS2. The molecule has 1 aromatic carbocycles. The zero-order chi connectivity index (χ0) is 13.4. The summed E-state index contributed by atoms with van der Waals surface area (Å²) < 4.78 is 3.39. The number of nitrogens with zero attached hydrogens (tertiary/aromatic N) is 1. The molecule has 2 aromatic heterocycles. The van der Waals surface area contributed by atoms with Crippen LogP contribution in [0.1, 0.15) is 15.9 Å². The maximum Gasteiger partial charge on any atom is 0.0956 e. The molecule has 0 spiro atoms. The van der Waals surface area contributed by atoms with Crippen molar-refractivity contribution in [3.05, 3.63) is 48.5 Å². The minimum atomic E-state index is -0.0579. The monoisotopic (exact) mass is 435 g/mol. The number of halogens is 3. The van der Waals surface area contributed by atoms with Crippen molar-refractivity contribution in [1.82, 2.24) is 4.98 Å². The zero-order valence-corrected chi connectivity index (χ0v) is 15.1. The summed E-state index contributed by atoms with van der Waals surface area (Å²) in [4.78, 5) is 4.63. The molecule has 0 bridgehead atoms. The van der Waals surface area contributed by atoms with Gasteiger partial charge in [-0.1, -0.05) is 12.1 Å². The van der Waals surface area contributed by atoms with Gasteiger partial charge in [-0.05, 0) is 55.6 Å². The van der Waals surface area contributed by atoms with Crippen molar-refractivity contribution in [1.29, 1.82) is 0 Å². The van der Waals surface area contributed by atoms with Crippen molar-refractivity contribution in [3.63, 3.8) is 0 Å². The molecule has 6 heteroatoms. The molecule has 0 saturated heterocycles. The van der Waals surface area contributed by atoms with Crippen LogP contribution >= 0.6 is 66.1 Å². The van der Waals surface area contributed by atoms with Crippen LogP contribution < -0.4 is 0 Å². The van der Waals surface area contributed by atoms with Gasteiger partial charge in [0.25, 0.3) is 0 Å². The van der Waals surface area contributed by atoms with Gasteiger partial charge in [0.1, 0.15) is 0 Å². The first-order chi connectivity index (χ1) is 9.13. The van der Waals surface area contributed by atoms with Crippen LogP contribution in [-0.4, -0.2) is 4.98 Å².